The predicted octanol–water partition coefficient (Wildman–Crippen LogP) is 3.73. The lowest BCUT2D eigenvalue weighted by molar-refractivity contribution is 0.984. The molecule has 0 aliphatic rings. The summed E-state index contributed by atoms with van der Waals surface area (Å²) in [6.07, 6.45) is 1.86. The number of anilines is 1. The van der Waals surface area contributed by atoms with Gasteiger partial charge in [-0.05, 0) is 31.5 Å². The van der Waals surface area contributed by atoms with Gasteiger partial charge < -0.3 is 4.67 Å². The summed E-state index contributed by atoms with van der Waals surface area (Å²) in [4.78, 5) is 4.41. The highest BCUT2D eigenvalue weighted by Gasteiger charge is 2.22. The Morgan fingerprint density at radius 3 is 2.13 bits per heavy atom. The van der Waals surface area contributed by atoms with Crippen LogP contribution in [0.25, 0.3) is 0 Å². The molecule has 0 amide bonds. The third kappa shape index (κ3) is 3.17. The molecule has 1 rings (SSSR count). The van der Waals surface area contributed by atoms with E-state index in [1.54, 1.807) is 0 Å². The van der Waals surface area contributed by atoms with E-state index in [0.29, 0.717) is 11.3 Å². The molecule has 1 heterocycles. The van der Waals surface area contributed by atoms with Crippen molar-refractivity contribution in [3.05, 3.63) is 24.4 Å². The molecule has 0 aliphatic heterocycles. The first kappa shape index (κ1) is 12.4. The van der Waals surface area contributed by atoms with Crippen LogP contribution in [0.15, 0.2) is 24.4 Å². The Balaban J connectivity index is 2.86. The molecule has 0 saturated carbocycles. The van der Waals surface area contributed by atoms with Gasteiger partial charge >= 0.3 is 0 Å². The highest BCUT2D eigenvalue weighted by atomic mass is 31.1. The molecule has 0 radical (unpaired) electrons. The molecule has 0 aliphatic carbocycles. The normalized spacial score (nSPS) is 11.5. The number of hydrogen-bond donors (Lipinski definition) is 0. The van der Waals surface area contributed by atoms with Crippen molar-refractivity contribution < 1.29 is 0 Å². The zero-order valence-electron chi connectivity index (χ0n) is 10.3. The Bertz CT molecular complexity index is 277. The van der Waals surface area contributed by atoms with E-state index in [9.17, 15) is 0 Å². The van der Waals surface area contributed by atoms with Crippen LogP contribution >= 0.6 is 8.07 Å². The molecule has 1 aromatic heterocycles. The molecular formula is C12H21N2P. The Morgan fingerprint density at radius 2 is 1.73 bits per heavy atom. The van der Waals surface area contributed by atoms with Crippen LogP contribution in [0, 0.1) is 0 Å². The molecule has 15 heavy (non-hydrogen) atoms. The Kier molecular flexibility index (Phi) is 4.53. The lowest BCUT2D eigenvalue weighted by atomic mass is 10.5. The molecule has 2 nitrogen and oxygen atoms in total. The minimum absolute atomic E-state index is 0.145. The van der Waals surface area contributed by atoms with Crippen LogP contribution in [-0.2, 0) is 0 Å². The van der Waals surface area contributed by atoms with Crippen LogP contribution in [0.4, 0.5) is 5.82 Å². The average Bonchev–Trinajstić information content (AvgIpc) is 2.18. The predicted molar refractivity (Wildman–Crippen MR) is 69.8 cm³/mol. The first-order chi connectivity index (χ1) is 7.04. The summed E-state index contributed by atoms with van der Waals surface area (Å²) in [7, 11) is 2.02. The van der Waals surface area contributed by atoms with Crippen LogP contribution in [0.1, 0.15) is 27.7 Å². The van der Waals surface area contributed by atoms with Crippen LogP contribution < -0.4 is 4.67 Å². The molecule has 0 saturated heterocycles. The second-order valence-electron chi connectivity index (χ2n) is 4.28. The number of aromatic nitrogens is 1. The van der Waals surface area contributed by atoms with E-state index in [1.165, 1.54) is 0 Å². The van der Waals surface area contributed by atoms with Crippen molar-refractivity contribution in [2.75, 3.05) is 11.7 Å². The van der Waals surface area contributed by atoms with Crippen molar-refractivity contribution in [2.45, 2.75) is 39.0 Å². The topological polar surface area (TPSA) is 16.1 Å². The first-order valence-corrected chi connectivity index (χ1v) is 6.90. The zero-order valence-corrected chi connectivity index (χ0v) is 11.2. The standard InChI is InChI=1S/C12H21N2P/c1-10(2)15(11(3)4)14(5)12-8-6-7-9-13-12/h6-11H,1-5H3. The lowest BCUT2D eigenvalue weighted by Crippen LogP contribution is -2.21. The van der Waals surface area contributed by atoms with E-state index in [2.05, 4.69) is 50.5 Å². The zero-order chi connectivity index (χ0) is 11.4. The fourth-order valence-electron chi connectivity index (χ4n) is 1.95. The molecular weight excluding hydrogens is 203 g/mol. The first-order valence-electron chi connectivity index (χ1n) is 5.47. The summed E-state index contributed by atoms with van der Waals surface area (Å²) < 4.78 is 2.35. The molecule has 0 unspecified atom stereocenters. The van der Waals surface area contributed by atoms with Gasteiger partial charge in [0.05, 0.1) is 0 Å². The molecule has 84 valence electrons. The Morgan fingerprint density at radius 1 is 1.13 bits per heavy atom. The van der Waals surface area contributed by atoms with E-state index in [0.717, 1.165) is 5.82 Å². The van der Waals surface area contributed by atoms with Gasteiger partial charge in [-0.3, -0.25) is 0 Å². The average molecular weight is 224 g/mol. The van der Waals surface area contributed by atoms with Gasteiger partial charge in [0.15, 0.2) is 0 Å². The smallest absolute Gasteiger partial charge is 0.131 e. The van der Waals surface area contributed by atoms with Gasteiger partial charge in [-0.25, -0.2) is 4.98 Å². The fourth-order valence-corrected chi connectivity index (χ4v) is 4.89. The molecule has 0 fully saturated rings. The molecule has 1 aromatic rings. The largest absolute Gasteiger partial charge is 0.338 e. The van der Waals surface area contributed by atoms with Crippen molar-refractivity contribution in [2.24, 2.45) is 0 Å². The van der Waals surface area contributed by atoms with Crippen LogP contribution in [0.3, 0.4) is 0 Å². The quantitative estimate of drug-likeness (QED) is 0.724. The van der Waals surface area contributed by atoms with Crippen molar-refractivity contribution in [1.82, 2.24) is 4.98 Å². The molecule has 0 aromatic carbocycles. The Labute approximate surface area is 94.5 Å². The summed E-state index contributed by atoms with van der Waals surface area (Å²) in [6.45, 7) is 9.19. The second kappa shape index (κ2) is 5.46. The maximum absolute atomic E-state index is 4.41. The van der Waals surface area contributed by atoms with Gasteiger partial charge in [0.2, 0.25) is 0 Å². The minimum atomic E-state index is -0.145. The van der Waals surface area contributed by atoms with E-state index in [-0.39, 0.29) is 8.07 Å². The van der Waals surface area contributed by atoms with Crippen molar-refractivity contribution >= 4 is 13.9 Å². The SMILES string of the molecule is CC(C)P(C(C)C)N(C)c1ccccn1. The van der Waals surface area contributed by atoms with E-state index < -0.39 is 0 Å². The number of hydrogen-bond acceptors (Lipinski definition) is 2. The number of nitrogens with zero attached hydrogens (tertiary/aromatic N) is 2. The van der Waals surface area contributed by atoms with Crippen LogP contribution in [0.2, 0.25) is 0 Å². The molecule has 0 spiro atoms. The number of pyridine rings is 1. The third-order valence-electron chi connectivity index (χ3n) is 2.39. The molecule has 3 heteroatoms. The maximum atomic E-state index is 4.41. The molecule has 0 N–H and O–H groups in total. The summed E-state index contributed by atoms with van der Waals surface area (Å²) in [6, 6.07) is 6.09. The summed E-state index contributed by atoms with van der Waals surface area (Å²) in [5, 5.41) is 0. The fraction of sp³-hybridized carbons (Fsp3) is 0.583. The van der Waals surface area contributed by atoms with Gasteiger partial charge in [-0.2, -0.15) is 0 Å². The monoisotopic (exact) mass is 224 g/mol. The van der Waals surface area contributed by atoms with Gasteiger partial charge in [-0.15, -0.1) is 0 Å². The van der Waals surface area contributed by atoms with E-state index in [1.807, 2.05) is 18.3 Å². The van der Waals surface area contributed by atoms with E-state index >= 15 is 0 Å². The van der Waals surface area contributed by atoms with Gasteiger partial charge in [-0.1, -0.05) is 33.8 Å². The summed E-state index contributed by atoms with van der Waals surface area (Å²) >= 11 is 0. The maximum Gasteiger partial charge on any atom is 0.131 e. The van der Waals surface area contributed by atoms with Crippen molar-refractivity contribution in [1.29, 1.82) is 0 Å². The third-order valence-corrected chi connectivity index (χ3v) is 5.40. The van der Waals surface area contributed by atoms with Gasteiger partial charge in [0.1, 0.15) is 5.82 Å². The summed E-state index contributed by atoms with van der Waals surface area (Å²) in [5.41, 5.74) is 1.40. The molecule has 0 bridgehead atoms. The second-order valence-corrected chi connectivity index (χ2v) is 7.70. The Hall–Kier alpha value is -0.620. The molecule has 0 atom stereocenters. The van der Waals surface area contributed by atoms with Crippen LogP contribution in [0.5, 0.6) is 0 Å². The van der Waals surface area contributed by atoms with Crippen molar-refractivity contribution in [3.8, 4) is 0 Å². The van der Waals surface area contributed by atoms with Gasteiger partial charge in [0, 0.05) is 13.2 Å². The highest BCUT2D eigenvalue weighted by molar-refractivity contribution is 7.60. The number of rotatable bonds is 4. The minimum Gasteiger partial charge on any atom is -0.338 e. The summed E-state index contributed by atoms with van der Waals surface area (Å²) in [5.74, 6) is 1.09. The highest BCUT2D eigenvalue weighted by Crippen LogP contribution is 2.49. The lowest BCUT2D eigenvalue weighted by Gasteiger charge is -2.35. The van der Waals surface area contributed by atoms with Crippen molar-refractivity contribution in [3.63, 3.8) is 0 Å². The van der Waals surface area contributed by atoms with Gasteiger partial charge in [0.25, 0.3) is 0 Å². The van der Waals surface area contributed by atoms with E-state index in [4.69, 9.17) is 0 Å². The van der Waals surface area contributed by atoms with Crippen LogP contribution in [-0.4, -0.2) is 23.3 Å².